The maximum absolute atomic E-state index is 12.0. The van der Waals surface area contributed by atoms with Gasteiger partial charge in [0.2, 0.25) is 0 Å². The van der Waals surface area contributed by atoms with Gasteiger partial charge in [0.1, 0.15) is 11.6 Å². The molecule has 116 valence electrons. The average molecular weight is 299 g/mol. The Bertz CT molecular complexity index is 594. The quantitative estimate of drug-likeness (QED) is 0.771. The first-order valence-corrected chi connectivity index (χ1v) is 7.28. The van der Waals surface area contributed by atoms with Crippen molar-refractivity contribution in [1.29, 1.82) is 0 Å². The molecule has 0 spiro atoms. The van der Waals surface area contributed by atoms with E-state index >= 15 is 0 Å². The van der Waals surface area contributed by atoms with E-state index in [-0.39, 0.29) is 5.91 Å². The number of hydrogen-bond acceptors (Lipinski definition) is 4. The molecule has 1 aromatic heterocycles. The van der Waals surface area contributed by atoms with Crippen molar-refractivity contribution in [2.24, 2.45) is 0 Å². The third-order valence-corrected chi connectivity index (χ3v) is 3.37. The molecule has 22 heavy (non-hydrogen) atoms. The number of nitrogens with one attached hydrogen (secondary N) is 2. The average Bonchev–Trinajstić information content (AvgIpc) is 2.59. The minimum Gasteiger partial charge on any atom is -0.497 e. The largest absolute Gasteiger partial charge is 0.497 e. The number of amides is 1. The maximum atomic E-state index is 12.0. The van der Waals surface area contributed by atoms with Crippen LogP contribution in [-0.4, -0.2) is 31.6 Å². The molecule has 0 saturated carbocycles. The third-order valence-electron chi connectivity index (χ3n) is 3.37. The molecule has 0 atom stereocenters. The third kappa shape index (κ3) is 4.48. The molecule has 0 aliphatic heterocycles. The van der Waals surface area contributed by atoms with Crippen molar-refractivity contribution < 1.29 is 9.53 Å². The van der Waals surface area contributed by atoms with Gasteiger partial charge in [0.15, 0.2) is 0 Å². The van der Waals surface area contributed by atoms with Crippen LogP contribution in [0.2, 0.25) is 0 Å². The van der Waals surface area contributed by atoms with E-state index in [2.05, 4.69) is 15.6 Å². The highest BCUT2D eigenvalue weighted by Crippen LogP contribution is 2.12. The molecule has 2 N–H and O–H groups in total. The Morgan fingerprint density at radius 1 is 1.18 bits per heavy atom. The lowest BCUT2D eigenvalue weighted by molar-refractivity contribution is 0.0953. The fraction of sp³-hybridized carbons (Fsp3) is 0.294. The summed E-state index contributed by atoms with van der Waals surface area (Å²) in [6.45, 7) is 0.638. The summed E-state index contributed by atoms with van der Waals surface area (Å²) in [4.78, 5) is 16.1. The highest BCUT2D eigenvalue weighted by Gasteiger charge is 2.05. The molecule has 5 heteroatoms. The Hall–Kier alpha value is -2.56. The van der Waals surface area contributed by atoms with Crippen LogP contribution in [0.3, 0.4) is 0 Å². The molecule has 0 radical (unpaired) electrons. The zero-order valence-electron chi connectivity index (χ0n) is 12.9. The number of hydrogen-bond donors (Lipinski definition) is 2. The highest BCUT2D eigenvalue weighted by atomic mass is 16.5. The molecule has 5 nitrogen and oxygen atoms in total. The molecule has 0 unspecified atom stereocenters. The molecule has 0 aliphatic carbocycles. The minimum absolute atomic E-state index is 0.0927. The summed E-state index contributed by atoms with van der Waals surface area (Å²) in [6.07, 6.45) is 3.38. The van der Waals surface area contributed by atoms with Gasteiger partial charge < -0.3 is 15.4 Å². The smallest absolute Gasteiger partial charge is 0.252 e. The Morgan fingerprint density at radius 3 is 2.55 bits per heavy atom. The molecular weight excluding hydrogens is 278 g/mol. The van der Waals surface area contributed by atoms with E-state index in [0.717, 1.165) is 24.4 Å². The SMILES string of the molecule is CNc1ccc(C(=O)NCCCc2ccc(OC)cc2)cn1. The summed E-state index contributed by atoms with van der Waals surface area (Å²) in [7, 11) is 3.45. The van der Waals surface area contributed by atoms with Gasteiger partial charge in [-0.25, -0.2) is 4.98 Å². The lowest BCUT2D eigenvalue weighted by Gasteiger charge is -2.06. The fourth-order valence-electron chi connectivity index (χ4n) is 2.06. The van der Waals surface area contributed by atoms with E-state index in [1.807, 2.05) is 24.3 Å². The molecule has 1 heterocycles. The number of methoxy groups -OCH3 is 1. The van der Waals surface area contributed by atoms with Crippen LogP contribution < -0.4 is 15.4 Å². The van der Waals surface area contributed by atoms with Gasteiger partial charge in [-0.2, -0.15) is 0 Å². The van der Waals surface area contributed by atoms with Crippen molar-refractivity contribution >= 4 is 11.7 Å². The molecule has 2 rings (SSSR count). The van der Waals surface area contributed by atoms with E-state index in [0.29, 0.717) is 12.1 Å². The lowest BCUT2D eigenvalue weighted by atomic mass is 10.1. The predicted octanol–water partition coefficient (Wildman–Crippen LogP) is 2.49. The van der Waals surface area contributed by atoms with Crippen molar-refractivity contribution in [3.05, 3.63) is 53.7 Å². The molecule has 2 aromatic rings. The van der Waals surface area contributed by atoms with Gasteiger partial charge >= 0.3 is 0 Å². The van der Waals surface area contributed by atoms with Crippen LogP contribution in [0.1, 0.15) is 22.3 Å². The monoisotopic (exact) mass is 299 g/mol. The van der Waals surface area contributed by atoms with Crippen LogP contribution in [0.4, 0.5) is 5.82 Å². The summed E-state index contributed by atoms with van der Waals surface area (Å²) < 4.78 is 5.12. The van der Waals surface area contributed by atoms with Crippen molar-refractivity contribution in [3.8, 4) is 5.75 Å². The first kappa shape index (κ1) is 15.8. The van der Waals surface area contributed by atoms with E-state index < -0.39 is 0 Å². The lowest BCUT2D eigenvalue weighted by Crippen LogP contribution is -2.24. The molecule has 0 fully saturated rings. The van der Waals surface area contributed by atoms with Crippen molar-refractivity contribution in [2.45, 2.75) is 12.8 Å². The first-order valence-electron chi connectivity index (χ1n) is 7.28. The number of ether oxygens (including phenoxy) is 1. The van der Waals surface area contributed by atoms with Crippen molar-refractivity contribution in [3.63, 3.8) is 0 Å². The Labute approximate surface area is 130 Å². The van der Waals surface area contributed by atoms with Gasteiger partial charge in [-0.15, -0.1) is 0 Å². The van der Waals surface area contributed by atoms with Gasteiger partial charge in [-0.1, -0.05) is 12.1 Å². The number of aryl methyl sites for hydroxylation is 1. The second-order valence-electron chi connectivity index (χ2n) is 4.89. The second kappa shape index (κ2) is 8.02. The van der Waals surface area contributed by atoms with E-state index in [9.17, 15) is 4.79 Å². The van der Waals surface area contributed by atoms with E-state index in [1.165, 1.54) is 5.56 Å². The van der Waals surface area contributed by atoms with Gasteiger partial charge in [-0.3, -0.25) is 4.79 Å². The number of carbonyl (C=O) groups is 1. The number of anilines is 1. The fourth-order valence-corrected chi connectivity index (χ4v) is 2.06. The molecule has 0 aliphatic rings. The zero-order valence-corrected chi connectivity index (χ0v) is 12.9. The maximum Gasteiger partial charge on any atom is 0.252 e. The summed E-state index contributed by atoms with van der Waals surface area (Å²) in [6, 6.07) is 11.5. The van der Waals surface area contributed by atoms with Crippen LogP contribution in [0.15, 0.2) is 42.6 Å². The van der Waals surface area contributed by atoms with Gasteiger partial charge in [0.05, 0.1) is 12.7 Å². The zero-order chi connectivity index (χ0) is 15.8. The van der Waals surface area contributed by atoms with Crippen LogP contribution in [0.25, 0.3) is 0 Å². The van der Waals surface area contributed by atoms with Gasteiger partial charge in [-0.05, 0) is 42.7 Å². The summed E-state index contributed by atoms with van der Waals surface area (Å²) in [5.41, 5.74) is 1.80. The molecule has 0 bridgehead atoms. The Morgan fingerprint density at radius 2 is 1.95 bits per heavy atom. The molecule has 1 amide bonds. The van der Waals surface area contributed by atoms with Crippen LogP contribution in [-0.2, 0) is 6.42 Å². The minimum atomic E-state index is -0.0927. The predicted molar refractivity (Wildman–Crippen MR) is 87.4 cm³/mol. The number of nitrogens with zero attached hydrogens (tertiary/aromatic N) is 1. The first-order chi connectivity index (χ1) is 10.7. The summed E-state index contributed by atoms with van der Waals surface area (Å²) in [5.74, 6) is 1.51. The topological polar surface area (TPSA) is 63.2 Å². The Kier molecular flexibility index (Phi) is 5.77. The second-order valence-corrected chi connectivity index (χ2v) is 4.89. The standard InChI is InChI=1S/C17H21N3O2/c1-18-16-10-7-14(12-20-16)17(21)19-11-3-4-13-5-8-15(22-2)9-6-13/h5-10,12H,3-4,11H2,1-2H3,(H,18,20)(H,19,21). The number of pyridine rings is 1. The highest BCUT2D eigenvalue weighted by molar-refractivity contribution is 5.94. The van der Waals surface area contributed by atoms with Crippen LogP contribution in [0.5, 0.6) is 5.75 Å². The van der Waals surface area contributed by atoms with Crippen molar-refractivity contribution in [2.75, 3.05) is 26.0 Å². The molecule has 0 saturated heterocycles. The van der Waals surface area contributed by atoms with Gasteiger partial charge in [0.25, 0.3) is 5.91 Å². The van der Waals surface area contributed by atoms with Crippen molar-refractivity contribution in [1.82, 2.24) is 10.3 Å². The number of rotatable bonds is 7. The molecular formula is C17H21N3O2. The normalized spacial score (nSPS) is 10.1. The molecule has 1 aromatic carbocycles. The summed E-state index contributed by atoms with van der Waals surface area (Å²) >= 11 is 0. The van der Waals surface area contributed by atoms with E-state index in [4.69, 9.17) is 4.74 Å². The van der Waals surface area contributed by atoms with Crippen LogP contribution >= 0.6 is 0 Å². The number of carbonyl (C=O) groups excluding carboxylic acids is 1. The van der Waals surface area contributed by atoms with Gasteiger partial charge in [0, 0.05) is 19.8 Å². The Balaban J connectivity index is 1.74. The number of benzene rings is 1. The number of aromatic nitrogens is 1. The van der Waals surface area contributed by atoms with E-state index in [1.54, 1.807) is 32.5 Å². The summed E-state index contributed by atoms with van der Waals surface area (Å²) in [5, 5.41) is 5.83. The van der Waals surface area contributed by atoms with Crippen LogP contribution in [0, 0.1) is 0 Å².